The number of hydrogen-bond acceptors (Lipinski definition) is 4. The van der Waals surface area contributed by atoms with Gasteiger partial charge in [0.05, 0.1) is 0 Å². The zero-order chi connectivity index (χ0) is 21.4. The maximum atomic E-state index is 11.5. The Morgan fingerprint density at radius 3 is 1.07 bits per heavy atom. The van der Waals surface area contributed by atoms with Crippen molar-refractivity contribution in [1.82, 2.24) is 10.6 Å². The van der Waals surface area contributed by atoms with Crippen molar-refractivity contribution in [2.45, 2.75) is 103 Å². The Hall–Kier alpha value is -2.12. The minimum atomic E-state index is -1.02. The Morgan fingerprint density at radius 2 is 0.821 bits per heavy atom. The average molecular weight is 401 g/mol. The van der Waals surface area contributed by atoms with Crippen molar-refractivity contribution in [1.29, 1.82) is 0 Å². The van der Waals surface area contributed by atoms with Crippen LogP contribution in [-0.2, 0) is 19.2 Å². The second-order valence-electron chi connectivity index (χ2n) is 7.29. The van der Waals surface area contributed by atoms with Crippen LogP contribution in [0.3, 0.4) is 0 Å². The monoisotopic (exact) mass is 400 g/mol. The Kier molecular flexibility index (Phi) is 14.7. The highest BCUT2D eigenvalue weighted by Crippen LogP contribution is 2.12. The van der Waals surface area contributed by atoms with E-state index in [0.29, 0.717) is 12.8 Å². The molecule has 0 heterocycles. The van der Waals surface area contributed by atoms with Crippen molar-refractivity contribution in [3.8, 4) is 0 Å². The van der Waals surface area contributed by atoms with Crippen molar-refractivity contribution < 1.29 is 29.4 Å². The van der Waals surface area contributed by atoms with E-state index >= 15 is 0 Å². The quantitative estimate of drug-likeness (QED) is 0.278. The molecule has 0 aromatic carbocycles. The molecule has 162 valence electrons. The van der Waals surface area contributed by atoms with Crippen LogP contribution in [0.5, 0.6) is 0 Å². The molecule has 0 bridgehead atoms. The topological polar surface area (TPSA) is 133 Å². The number of carboxylic acid groups (broad SMARTS) is 2. The first-order valence-electron chi connectivity index (χ1n) is 10.3. The average Bonchev–Trinajstić information content (AvgIpc) is 2.62. The second kappa shape index (κ2) is 15.9. The van der Waals surface area contributed by atoms with Crippen LogP contribution in [0.15, 0.2) is 0 Å². The lowest BCUT2D eigenvalue weighted by Crippen LogP contribution is -2.38. The molecule has 0 aliphatic carbocycles. The molecule has 8 heteroatoms. The Balaban J connectivity index is 3.38. The zero-order valence-corrected chi connectivity index (χ0v) is 17.2. The van der Waals surface area contributed by atoms with Gasteiger partial charge in [-0.05, 0) is 26.7 Å². The third-order valence-electron chi connectivity index (χ3n) is 4.55. The molecule has 0 aromatic heterocycles. The summed E-state index contributed by atoms with van der Waals surface area (Å²) >= 11 is 0. The number of amides is 2. The summed E-state index contributed by atoms with van der Waals surface area (Å²) in [5.41, 5.74) is 0. The molecule has 0 aromatic rings. The van der Waals surface area contributed by atoms with Crippen LogP contribution >= 0.6 is 0 Å². The first-order valence-corrected chi connectivity index (χ1v) is 10.3. The molecular weight excluding hydrogens is 364 g/mol. The van der Waals surface area contributed by atoms with Gasteiger partial charge in [-0.25, -0.2) is 0 Å². The molecule has 28 heavy (non-hydrogen) atoms. The number of unbranched alkanes of at least 4 members (excludes halogenated alkanes) is 9. The van der Waals surface area contributed by atoms with E-state index in [2.05, 4.69) is 10.6 Å². The first kappa shape index (κ1) is 25.9. The summed E-state index contributed by atoms with van der Waals surface area (Å²) in [5.74, 6) is -2.46. The summed E-state index contributed by atoms with van der Waals surface area (Å²) in [6.45, 7) is 2.91. The molecule has 8 nitrogen and oxygen atoms in total. The molecule has 2 amide bonds. The van der Waals surface area contributed by atoms with Gasteiger partial charge in [0.1, 0.15) is 12.1 Å². The fourth-order valence-electron chi connectivity index (χ4n) is 2.74. The minimum absolute atomic E-state index is 0.207. The predicted octanol–water partition coefficient (Wildman–Crippen LogP) is 2.85. The highest BCUT2D eigenvalue weighted by Gasteiger charge is 2.13. The van der Waals surface area contributed by atoms with Crippen LogP contribution in [0.1, 0.15) is 90.9 Å². The van der Waals surface area contributed by atoms with Crippen LogP contribution in [0.25, 0.3) is 0 Å². The van der Waals surface area contributed by atoms with Crippen LogP contribution in [-0.4, -0.2) is 46.0 Å². The van der Waals surface area contributed by atoms with E-state index in [1.54, 1.807) is 0 Å². The van der Waals surface area contributed by atoms with Crippen molar-refractivity contribution >= 4 is 23.8 Å². The molecule has 0 spiro atoms. The lowest BCUT2D eigenvalue weighted by Gasteiger charge is -2.09. The van der Waals surface area contributed by atoms with Gasteiger partial charge in [-0.2, -0.15) is 0 Å². The van der Waals surface area contributed by atoms with Gasteiger partial charge in [0, 0.05) is 12.8 Å². The fraction of sp³-hybridized carbons (Fsp3) is 0.800. The molecule has 0 saturated carbocycles. The summed E-state index contributed by atoms with van der Waals surface area (Å²) < 4.78 is 0. The van der Waals surface area contributed by atoms with E-state index in [1.807, 2.05) is 0 Å². The normalized spacial score (nSPS) is 12.8. The fourth-order valence-corrected chi connectivity index (χ4v) is 2.74. The van der Waals surface area contributed by atoms with E-state index < -0.39 is 24.0 Å². The number of carbonyl (C=O) groups is 4. The second-order valence-corrected chi connectivity index (χ2v) is 7.29. The third-order valence-corrected chi connectivity index (χ3v) is 4.55. The molecular formula is C20H36N2O6. The lowest BCUT2D eigenvalue weighted by atomic mass is 10.0. The van der Waals surface area contributed by atoms with Crippen molar-refractivity contribution in [3.63, 3.8) is 0 Å². The zero-order valence-electron chi connectivity index (χ0n) is 17.2. The van der Waals surface area contributed by atoms with E-state index in [-0.39, 0.29) is 11.8 Å². The van der Waals surface area contributed by atoms with E-state index in [4.69, 9.17) is 10.2 Å². The Morgan fingerprint density at radius 1 is 0.571 bits per heavy atom. The van der Waals surface area contributed by atoms with Crippen molar-refractivity contribution in [2.24, 2.45) is 0 Å². The van der Waals surface area contributed by atoms with E-state index in [1.165, 1.54) is 13.8 Å². The predicted molar refractivity (Wildman–Crippen MR) is 106 cm³/mol. The lowest BCUT2D eigenvalue weighted by molar-refractivity contribution is -0.141. The molecule has 0 radical (unpaired) electrons. The molecule has 0 saturated heterocycles. The van der Waals surface area contributed by atoms with Gasteiger partial charge in [0.2, 0.25) is 11.8 Å². The number of carbonyl (C=O) groups excluding carboxylic acids is 2. The minimum Gasteiger partial charge on any atom is -0.480 e. The van der Waals surface area contributed by atoms with Crippen molar-refractivity contribution in [3.05, 3.63) is 0 Å². The van der Waals surface area contributed by atoms with Gasteiger partial charge in [-0.15, -0.1) is 0 Å². The number of rotatable bonds is 17. The summed E-state index contributed by atoms with van der Waals surface area (Å²) in [4.78, 5) is 44.3. The van der Waals surface area contributed by atoms with Crippen LogP contribution in [0, 0.1) is 0 Å². The molecule has 4 N–H and O–H groups in total. The SMILES string of the molecule is CC(NC(=O)CCCCCCCCCCCCC(=O)NC(C)C(=O)O)C(=O)O. The standard InChI is InChI=1S/C20H36N2O6/c1-15(19(25)26)21-17(23)13-11-9-7-5-3-4-6-8-10-12-14-18(24)22-16(2)20(27)28/h15-16H,3-14H2,1-2H3,(H,21,23)(H,22,24)(H,25,26)(H,27,28). The Bertz CT molecular complexity index is 451. The van der Waals surface area contributed by atoms with Gasteiger partial charge in [-0.3, -0.25) is 19.2 Å². The number of hydrogen-bond donors (Lipinski definition) is 4. The Labute approximate surface area is 167 Å². The van der Waals surface area contributed by atoms with Gasteiger partial charge >= 0.3 is 11.9 Å². The highest BCUT2D eigenvalue weighted by atomic mass is 16.4. The van der Waals surface area contributed by atoms with Gasteiger partial charge in [-0.1, -0.05) is 51.4 Å². The number of aliphatic carboxylic acids is 2. The summed E-state index contributed by atoms with van der Waals surface area (Å²) in [6, 6.07) is -1.68. The third kappa shape index (κ3) is 15.0. The molecule has 0 aliphatic rings. The van der Waals surface area contributed by atoms with Crippen LogP contribution in [0.4, 0.5) is 0 Å². The number of carboxylic acids is 2. The smallest absolute Gasteiger partial charge is 0.325 e. The van der Waals surface area contributed by atoms with Gasteiger partial charge < -0.3 is 20.8 Å². The van der Waals surface area contributed by atoms with E-state index in [9.17, 15) is 19.2 Å². The molecule has 2 unspecified atom stereocenters. The van der Waals surface area contributed by atoms with Crippen LogP contribution in [0.2, 0.25) is 0 Å². The van der Waals surface area contributed by atoms with Crippen LogP contribution < -0.4 is 10.6 Å². The number of nitrogens with one attached hydrogen (secondary N) is 2. The highest BCUT2D eigenvalue weighted by molar-refractivity contribution is 5.83. The van der Waals surface area contributed by atoms with Crippen molar-refractivity contribution in [2.75, 3.05) is 0 Å². The van der Waals surface area contributed by atoms with Gasteiger partial charge in [0.15, 0.2) is 0 Å². The summed E-state index contributed by atoms with van der Waals surface area (Å²) in [7, 11) is 0. The molecule has 0 rings (SSSR count). The molecule has 2 atom stereocenters. The first-order chi connectivity index (χ1) is 13.2. The molecule has 0 aliphatic heterocycles. The summed E-state index contributed by atoms with van der Waals surface area (Å²) in [6.07, 6.45) is 10.9. The van der Waals surface area contributed by atoms with E-state index in [0.717, 1.165) is 64.2 Å². The largest absolute Gasteiger partial charge is 0.480 e. The van der Waals surface area contributed by atoms with Gasteiger partial charge in [0.25, 0.3) is 0 Å². The maximum absolute atomic E-state index is 11.5. The molecule has 0 fully saturated rings. The maximum Gasteiger partial charge on any atom is 0.325 e. The summed E-state index contributed by atoms with van der Waals surface area (Å²) in [5, 5.41) is 22.3.